The Balaban J connectivity index is 4.20. The fourth-order valence-corrected chi connectivity index (χ4v) is 0.546. The summed E-state index contributed by atoms with van der Waals surface area (Å²) in [6.45, 7) is -0.532. The highest BCUT2D eigenvalue weighted by Crippen LogP contribution is 2.19. The maximum Gasteiger partial charge on any atom is 0.316 e. The van der Waals surface area contributed by atoms with Gasteiger partial charge in [-0.2, -0.15) is 0 Å². The molecule has 0 aliphatic carbocycles. The second-order valence-electron chi connectivity index (χ2n) is 3.52. The Morgan fingerprint density at radius 2 is 1.71 bits per heavy atom. The van der Waals surface area contributed by atoms with Gasteiger partial charge in [0.2, 0.25) is 0 Å². The first kappa shape index (κ1) is 13.2. The van der Waals surface area contributed by atoms with Crippen LogP contribution in [0.1, 0.15) is 13.8 Å². The number of halogens is 2. The quantitative estimate of drug-likeness (QED) is 0.638. The van der Waals surface area contributed by atoms with Crippen LogP contribution in [-0.2, 0) is 9.53 Å². The van der Waals surface area contributed by atoms with E-state index in [4.69, 9.17) is 10.2 Å². The first-order chi connectivity index (χ1) is 6.25. The molecule has 14 heavy (non-hydrogen) atoms. The van der Waals surface area contributed by atoms with Crippen LogP contribution in [0, 0.1) is 5.41 Å². The largest absolute Gasteiger partial charge is 0.459 e. The molecule has 0 rings (SSSR count). The van der Waals surface area contributed by atoms with Crippen molar-refractivity contribution >= 4 is 5.97 Å². The van der Waals surface area contributed by atoms with Crippen molar-refractivity contribution in [3.8, 4) is 0 Å². The second kappa shape index (κ2) is 4.65. The normalized spacial score (nSPS) is 12.7. The number of aliphatic hydroxyl groups is 2. The van der Waals surface area contributed by atoms with Gasteiger partial charge in [0.15, 0.2) is 6.61 Å². The topological polar surface area (TPSA) is 66.8 Å². The van der Waals surface area contributed by atoms with Crippen LogP contribution in [0.25, 0.3) is 0 Å². The Bertz CT molecular complexity index is 196. The SMILES string of the molecule is CC(F)(F)COC(=O)C(C)(CO)CO. The summed E-state index contributed by atoms with van der Waals surface area (Å²) < 4.78 is 28.8. The van der Waals surface area contributed by atoms with Gasteiger partial charge in [0.25, 0.3) is 5.92 Å². The van der Waals surface area contributed by atoms with E-state index in [1.165, 1.54) is 6.92 Å². The van der Waals surface area contributed by atoms with E-state index in [0.717, 1.165) is 0 Å². The van der Waals surface area contributed by atoms with Gasteiger partial charge in [-0.05, 0) is 6.92 Å². The summed E-state index contributed by atoms with van der Waals surface area (Å²) >= 11 is 0. The van der Waals surface area contributed by atoms with Crippen molar-refractivity contribution in [2.45, 2.75) is 19.8 Å². The highest BCUT2D eigenvalue weighted by Gasteiger charge is 2.35. The minimum atomic E-state index is -3.11. The molecule has 4 nitrogen and oxygen atoms in total. The van der Waals surface area contributed by atoms with Crippen molar-refractivity contribution in [2.75, 3.05) is 19.8 Å². The maximum atomic E-state index is 12.3. The lowest BCUT2D eigenvalue weighted by Gasteiger charge is -2.23. The highest BCUT2D eigenvalue weighted by atomic mass is 19.3. The van der Waals surface area contributed by atoms with Gasteiger partial charge in [-0.15, -0.1) is 0 Å². The van der Waals surface area contributed by atoms with Gasteiger partial charge in [0.05, 0.1) is 13.2 Å². The van der Waals surface area contributed by atoms with Gasteiger partial charge in [-0.25, -0.2) is 8.78 Å². The van der Waals surface area contributed by atoms with Gasteiger partial charge < -0.3 is 14.9 Å². The van der Waals surface area contributed by atoms with Crippen LogP contribution in [0.5, 0.6) is 0 Å². The molecule has 0 saturated carbocycles. The Kier molecular flexibility index (Phi) is 4.41. The zero-order valence-electron chi connectivity index (χ0n) is 8.09. The molecule has 0 aromatic carbocycles. The van der Waals surface area contributed by atoms with Gasteiger partial charge in [-0.3, -0.25) is 4.79 Å². The van der Waals surface area contributed by atoms with E-state index in [2.05, 4.69) is 4.74 Å². The first-order valence-electron chi connectivity index (χ1n) is 4.02. The van der Waals surface area contributed by atoms with Crippen molar-refractivity contribution < 1.29 is 28.5 Å². The molecule has 0 saturated heterocycles. The lowest BCUT2D eigenvalue weighted by molar-refractivity contribution is -0.169. The summed E-state index contributed by atoms with van der Waals surface area (Å²) in [7, 11) is 0. The number of rotatable bonds is 5. The second-order valence-corrected chi connectivity index (χ2v) is 3.52. The lowest BCUT2D eigenvalue weighted by atomic mass is 9.93. The van der Waals surface area contributed by atoms with E-state index in [1.54, 1.807) is 0 Å². The standard InChI is InChI=1S/C8H14F2O4/c1-7(3-11,4-12)6(13)14-5-8(2,9)10/h11-12H,3-5H2,1-2H3. The number of hydrogen-bond donors (Lipinski definition) is 2. The molecule has 0 aromatic heterocycles. The molecule has 0 aromatic rings. The predicted octanol–water partition coefficient (Wildman–Crippen LogP) is 0.176. The third kappa shape index (κ3) is 3.97. The van der Waals surface area contributed by atoms with Gasteiger partial charge in [-0.1, -0.05) is 0 Å². The molecule has 0 unspecified atom stereocenters. The van der Waals surface area contributed by atoms with Crippen LogP contribution in [0.15, 0.2) is 0 Å². The molecule has 0 fully saturated rings. The van der Waals surface area contributed by atoms with E-state index >= 15 is 0 Å². The number of carbonyl (C=O) groups excluding carboxylic acids is 1. The van der Waals surface area contributed by atoms with Crippen molar-refractivity contribution in [2.24, 2.45) is 5.41 Å². The van der Waals surface area contributed by atoms with Crippen LogP contribution in [0.2, 0.25) is 0 Å². The van der Waals surface area contributed by atoms with Crippen molar-refractivity contribution in [3.63, 3.8) is 0 Å². The summed E-state index contributed by atoms with van der Waals surface area (Å²) in [5, 5.41) is 17.5. The van der Waals surface area contributed by atoms with Crippen LogP contribution in [-0.4, -0.2) is 41.9 Å². The fourth-order valence-electron chi connectivity index (χ4n) is 0.546. The Hall–Kier alpha value is -0.750. The number of esters is 1. The Morgan fingerprint density at radius 1 is 1.29 bits per heavy atom. The lowest BCUT2D eigenvalue weighted by Crippen LogP contribution is -2.38. The molecule has 2 N–H and O–H groups in total. The molecular formula is C8H14F2O4. The highest BCUT2D eigenvalue weighted by molar-refractivity contribution is 5.76. The van der Waals surface area contributed by atoms with Crippen molar-refractivity contribution in [1.29, 1.82) is 0 Å². The molecule has 0 aliphatic rings. The van der Waals surface area contributed by atoms with Gasteiger partial charge in [0.1, 0.15) is 5.41 Å². The molecule has 0 atom stereocenters. The fraction of sp³-hybridized carbons (Fsp3) is 0.875. The van der Waals surface area contributed by atoms with Crippen LogP contribution >= 0.6 is 0 Å². The summed E-state index contributed by atoms with van der Waals surface area (Å²) in [6, 6.07) is 0. The van der Waals surface area contributed by atoms with Gasteiger partial charge >= 0.3 is 5.97 Å². The molecule has 84 valence electrons. The molecule has 0 heterocycles. The van der Waals surface area contributed by atoms with Gasteiger partial charge in [0, 0.05) is 6.92 Å². The smallest absolute Gasteiger partial charge is 0.316 e. The molecule has 6 heteroatoms. The number of alkyl halides is 2. The first-order valence-corrected chi connectivity index (χ1v) is 4.02. The minimum Gasteiger partial charge on any atom is -0.459 e. The van der Waals surface area contributed by atoms with Crippen LogP contribution < -0.4 is 0 Å². The van der Waals surface area contributed by atoms with Crippen molar-refractivity contribution in [3.05, 3.63) is 0 Å². The summed E-state index contributed by atoms with van der Waals surface area (Å²) in [5.41, 5.74) is -1.52. The van der Waals surface area contributed by atoms with Crippen LogP contribution in [0.4, 0.5) is 8.78 Å². The molecule has 0 aliphatic heterocycles. The third-order valence-corrected chi connectivity index (χ3v) is 1.65. The molecular weight excluding hydrogens is 198 g/mol. The number of hydrogen-bond acceptors (Lipinski definition) is 4. The monoisotopic (exact) mass is 212 g/mol. The summed E-state index contributed by atoms with van der Waals surface area (Å²) in [5.74, 6) is -4.15. The van der Waals surface area contributed by atoms with E-state index < -0.39 is 37.1 Å². The molecule has 0 bridgehead atoms. The third-order valence-electron chi connectivity index (χ3n) is 1.65. The molecule has 0 spiro atoms. The van der Waals surface area contributed by atoms with E-state index in [-0.39, 0.29) is 0 Å². The zero-order chi connectivity index (χ0) is 11.4. The Morgan fingerprint density at radius 3 is 2.00 bits per heavy atom. The average molecular weight is 212 g/mol. The predicted molar refractivity (Wildman–Crippen MR) is 43.9 cm³/mol. The number of aliphatic hydroxyl groups excluding tert-OH is 2. The van der Waals surface area contributed by atoms with E-state index in [1.807, 2.05) is 0 Å². The van der Waals surface area contributed by atoms with E-state index in [0.29, 0.717) is 6.92 Å². The van der Waals surface area contributed by atoms with E-state index in [9.17, 15) is 13.6 Å². The Labute approximate surface area is 80.5 Å². The van der Waals surface area contributed by atoms with Crippen LogP contribution in [0.3, 0.4) is 0 Å². The average Bonchev–Trinajstić information content (AvgIpc) is 2.11. The molecule has 0 amide bonds. The zero-order valence-corrected chi connectivity index (χ0v) is 8.09. The summed E-state index contributed by atoms with van der Waals surface area (Å²) in [4.78, 5) is 11.1. The number of ether oxygens (including phenoxy) is 1. The minimum absolute atomic E-state index is 0.607. The summed E-state index contributed by atoms with van der Waals surface area (Å²) in [6.07, 6.45) is 0. The van der Waals surface area contributed by atoms with Crippen molar-refractivity contribution in [1.82, 2.24) is 0 Å². The number of carbonyl (C=O) groups is 1. The maximum absolute atomic E-state index is 12.3. The molecule has 0 radical (unpaired) electrons.